The Morgan fingerprint density at radius 3 is 2.75 bits per heavy atom. The number of nitriles is 1. The molecule has 0 bridgehead atoms. The number of benzene rings is 1. The molecule has 0 aliphatic rings. The molecule has 1 rings (SSSR count). The van der Waals surface area contributed by atoms with Crippen LogP contribution in [0.2, 0.25) is 0 Å². The van der Waals surface area contributed by atoms with Crippen molar-refractivity contribution in [1.29, 1.82) is 5.26 Å². The van der Waals surface area contributed by atoms with E-state index in [0.29, 0.717) is 30.9 Å². The maximum absolute atomic E-state index is 11.3. The van der Waals surface area contributed by atoms with Gasteiger partial charge in [-0.3, -0.25) is 0 Å². The Hall–Kier alpha value is -2.26. The zero-order valence-electron chi connectivity index (χ0n) is 12.1. The monoisotopic (exact) mass is 276 g/mol. The summed E-state index contributed by atoms with van der Waals surface area (Å²) in [4.78, 5) is 12.8. The van der Waals surface area contributed by atoms with Gasteiger partial charge in [-0.1, -0.05) is 6.07 Å². The third kappa shape index (κ3) is 4.78. The van der Waals surface area contributed by atoms with Crippen LogP contribution in [0.5, 0.6) is 5.75 Å². The summed E-state index contributed by atoms with van der Waals surface area (Å²) in [5.74, 6) is 0.578. The van der Waals surface area contributed by atoms with E-state index in [1.807, 2.05) is 6.07 Å². The van der Waals surface area contributed by atoms with Gasteiger partial charge >= 0.3 is 6.03 Å². The third-order valence-electron chi connectivity index (χ3n) is 2.70. The number of amides is 2. The van der Waals surface area contributed by atoms with Gasteiger partial charge in [-0.25, -0.2) is 4.79 Å². The highest BCUT2D eigenvalue weighted by molar-refractivity contribution is 5.73. The molecule has 2 amide bonds. The van der Waals surface area contributed by atoms with Gasteiger partial charge < -0.3 is 20.3 Å². The van der Waals surface area contributed by atoms with Crippen LogP contribution < -0.4 is 15.4 Å². The van der Waals surface area contributed by atoms with Crippen molar-refractivity contribution in [2.24, 2.45) is 0 Å². The summed E-state index contributed by atoms with van der Waals surface area (Å²) in [7, 11) is 4.94. The van der Waals surface area contributed by atoms with E-state index < -0.39 is 0 Å². The van der Waals surface area contributed by atoms with Crippen molar-refractivity contribution in [3.63, 3.8) is 0 Å². The zero-order valence-corrected chi connectivity index (χ0v) is 12.1. The molecule has 0 atom stereocenters. The van der Waals surface area contributed by atoms with Gasteiger partial charge in [0.1, 0.15) is 11.8 Å². The van der Waals surface area contributed by atoms with Gasteiger partial charge in [0.15, 0.2) is 0 Å². The molecule has 0 aliphatic heterocycles. The lowest BCUT2D eigenvalue weighted by molar-refractivity contribution is 0.217. The van der Waals surface area contributed by atoms with Crippen molar-refractivity contribution >= 4 is 6.03 Å². The fourth-order valence-electron chi connectivity index (χ4n) is 1.60. The molecule has 0 saturated heterocycles. The topological polar surface area (TPSA) is 77.4 Å². The van der Waals surface area contributed by atoms with Crippen molar-refractivity contribution in [3.05, 3.63) is 29.3 Å². The molecule has 6 nitrogen and oxygen atoms in total. The largest absolute Gasteiger partial charge is 0.495 e. The fraction of sp³-hybridized carbons (Fsp3) is 0.429. The maximum Gasteiger partial charge on any atom is 0.316 e. The predicted molar refractivity (Wildman–Crippen MR) is 76.5 cm³/mol. The van der Waals surface area contributed by atoms with E-state index in [0.717, 1.165) is 5.56 Å². The molecule has 6 heteroatoms. The second-order valence-electron chi connectivity index (χ2n) is 4.45. The van der Waals surface area contributed by atoms with Gasteiger partial charge in [0.2, 0.25) is 0 Å². The van der Waals surface area contributed by atoms with Gasteiger partial charge in [-0.15, -0.1) is 0 Å². The highest BCUT2D eigenvalue weighted by atomic mass is 16.5. The summed E-state index contributed by atoms with van der Waals surface area (Å²) in [6.45, 7) is 1.85. The number of nitrogens with zero attached hydrogens (tertiary/aromatic N) is 2. The molecule has 0 aromatic heterocycles. The highest BCUT2D eigenvalue weighted by Gasteiger charge is 2.04. The molecule has 0 spiro atoms. The van der Waals surface area contributed by atoms with Crippen LogP contribution in [0.1, 0.15) is 11.1 Å². The van der Waals surface area contributed by atoms with Crippen molar-refractivity contribution in [3.8, 4) is 11.8 Å². The number of nitrogens with one attached hydrogen (secondary N) is 2. The Bertz CT molecular complexity index is 494. The number of urea groups is 1. The lowest BCUT2D eigenvalue weighted by Crippen LogP contribution is -2.38. The van der Waals surface area contributed by atoms with E-state index in [9.17, 15) is 4.79 Å². The Morgan fingerprint density at radius 2 is 2.15 bits per heavy atom. The van der Waals surface area contributed by atoms with Crippen LogP contribution in [-0.4, -0.2) is 45.2 Å². The minimum atomic E-state index is -0.108. The van der Waals surface area contributed by atoms with Crippen molar-refractivity contribution in [1.82, 2.24) is 15.5 Å². The van der Waals surface area contributed by atoms with Crippen LogP contribution in [0.25, 0.3) is 0 Å². The molecule has 20 heavy (non-hydrogen) atoms. The Kier molecular flexibility index (Phi) is 6.33. The van der Waals surface area contributed by atoms with E-state index >= 15 is 0 Å². The fourth-order valence-corrected chi connectivity index (χ4v) is 1.60. The number of ether oxygens (including phenoxy) is 1. The van der Waals surface area contributed by atoms with Crippen LogP contribution in [0.15, 0.2) is 18.2 Å². The first-order valence-electron chi connectivity index (χ1n) is 6.31. The summed E-state index contributed by atoms with van der Waals surface area (Å²) < 4.78 is 5.09. The summed E-state index contributed by atoms with van der Waals surface area (Å²) in [6.07, 6.45) is 0. The average Bonchev–Trinajstić information content (AvgIpc) is 2.46. The SMILES string of the molecule is COc1ccc(CNCCNC(=O)N(C)C)cc1C#N. The lowest BCUT2D eigenvalue weighted by Gasteiger charge is -2.12. The van der Waals surface area contributed by atoms with E-state index in [-0.39, 0.29) is 6.03 Å². The Balaban J connectivity index is 2.36. The van der Waals surface area contributed by atoms with Gasteiger partial charge in [-0.2, -0.15) is 5.26 Å². The van der Waals surface area contributed by atoms with Crippen LogP contribution >= 0.6 is 0 Å². The highest BCUT2D eigenvalue weighted by Crippen LogP contribution is 2.18. The first-order chi connectivity index (χ1) is 9.58. The first-order valence-corrected chi connectivity index (χ1v) is 6.31. The molecule has 1 aromatic rings. The molecule has 2 N–H and O–H groups in total. The van der Waals surface area contributed by atoms with Gasteiger partial charge in [0.05, 0.1) is 12.7 Å². The van der Waals surface area contributed by atoms with E-state index in [2.05, 4.69) is 16.7 Å². The smallest absolute Gasteiger partial charge is 0.316 e. The van der Waals surface area contributed by atoms with Crippen LogP contribution in [0.3, 0.4) is 0 Å². The predicted octanol–water partition coefficient (Wildman–Crippen LogP) is 0.928. The van der Waals surface area contributed by atoms with Gasteiger partial charge in [0, 0.05) is 33.7 Å². The summed E-state index contributed by atoms with van der Waals surface area (Å²) in [6, 6.07) is 7.48. The van der Waals surface area contributed by atoms with Crippen LogP contribution in [-0.2, 0) is 6.54 Å². The van der Waals surface area contributed by atoms with E-state index in [1.165, 1.54) is 4.90 Å². The van der Waals surface area contributed by atoms with Crippen molar-refractivity contribution in [2.75, 3.05) is 34.3 Å². The number of carbonyl (C=O) groups is 1. The molecule has 1 aromatic carbocycles. The second-order valence-corrected chi connectivity index (χ2v) is 4.45. The number of hydrogen-bond acceptors (Lipinski definition) is 4. The molecule has 0 radical (unpaired) electrons. The Labute approximate surface area is 119 Å². The van der Waals surface area contributed by atoms with Crippen LogP contribution in [0, 0.1) is 11.3 Å². The molecule has 108 valence electrons. The lowest BCUT2D eigenvalue weighted by atomic mass is 10.1. The Morgan fingerprint density at radius 1 is 1.40 bits per heavy atom. The van der Waals surface area contributed by atoms with Gasteiger partial charge in [0.25, 0.3) is 0 Å². The number of rotatable bonds is 6. The van der Waals surface area contributed by atoms with Crippen molar-refractivity contribution in [2.45, 2.75) is 6.54 Å². The molecular weight excluding hydrogens is 256 g/mol. The second kappa shape index (κ2) is 8.02. The number of methoxy groups -OCH3 is 1. The molecule has 0 heterocycles. The maximum atomic E-state index is 11.3. The minimum Gasteiger partial charge on any atom is -0.495 e. The quantitative estimate of drug-likeness (QED) is 0.758. The average molecular weight is 276 g/mol. The summed E-state index contributed by atoms with van der Waals surface area (Å²) in [5.41, 5.74) is 1.52. The summed E-state index contributed by atoms with van der Waals surface area (Å²) >= 11 is 0. The van der Waals surface area contributed by atoms with E-state index in [4.69, 9.17) is 10.00 Å². The third-order valence-corrected chi connectivity index (χ3v) is 2.70. The standard InChI is InChI=1S/C14H20N4O2/c1-18(2)14(19)17-7-6-16-10-11-4-5-13(20-3)12(8-11)9-15/h4-5,8,16H,6-7,10H2,1-3H3,(H,17,19). The molecular formula is C14H20N4O2. The normalized spacial score (nSPS) is 9.70. The van der Waals surface area contributed by atoms with E-state index in [1.54, 1.807) is 33.3 Å². The molecule has 0 fully saturated rings. The van der Waals surface area contributed by atoms with Crippen molar-refractivity contribution < 1.29 is 9.53 Å². The molecule has 0 unspecified atom stereocenters. The first kappa shape index (κ1) is 15.8. The number of hydrogen-bond donors (Lipinski definition) is 2. The van der Waals surface area contributed by atoms with Crippen LogP contribution in [0.4, 0.5) is 4.79 Å². The van der Waals surface area contributed by atoms with Gasteiger partial charge in [-0.05, 0) is 17.7 Å². The molecule has 0 saturated carbocycles. The molecule has 0 aliphatic carbocycles. The zero-order chi connectivity index (χ0) is 15.0. The minimum absolute atomic E-state index is 0.108. The summed E-state index contributed by atoms with van der Waals surface area (Å²) in [5, 5.41) is 15.0. The number of carbonyl (C=O) groups excluding carboxylic acids is 1.